The maximum atomic E-state index is 12.9. The van der Waals surface area contributed by atoms with E-state index in [0.29, 0.717) is 16.9 Å². The number of amides is 3. The predicted octanol–water partition coefficient (Wildman–Crippen LogP) is 3.52. The Morgan fingerprint density at radius 2 is 1.86 bits per heavy atom. The largest absolute Gasteiger partial charge is 0.497 e. The third kappa shape index (κ3) is 4.84. The van der Waals surface area contributed by atoms with Crippen molar-refractivity contribution in [1.29, 1.82) is 0 Å². The zero-order valence-corrected chi connectivity index (χ0v) is 16.3. The van der Waals surface area contributed by atoms with E-state index < -0.39 is 18.0 Å². The van der Waals surface area contributed by atoms with Crippen LogP contribution in [0, 0.1) is 12.7 Å². The fourth-order valence-corrected chi connectivity index (χ4v) is 3.02. The Bertz CT molecular complexity index is 1030. The first-order valence-corrected chi connectivity index (χ1v) is 9.04. The Morgan fingerprint density at radius 1 is 1.14 bits per heavy atom. The van der Waals surface area contributed by atoms with Crippen molar-refractivity contribution in [3.05, 3.63) is 65.2 Å². The first-order valence-electron chi connectivity index (χ1n) is 9.04. The topological polar surface area (TPSA) is 92.6 Å². The van der Waals surface area contributed by atoms with Crippen LogP contribution < -0.4 is 20.9 Å². The van der Waals surface area contributed by atoms with Crippen molar-refractivity contribution in [3.63, 3.8) is 0 Å². The lowest BCUT2D eigenvalue weighted by Crippen LogP contribution is -2.48. The molecule has 2 aromatic carbocycles. The summed E-state index contributed by atoms with van der Waals surface area (Å²) in [6.45, 7) is 3.68. The molecule has 3 aromatic rings. The van der Waals surface area contributed by atoms with Gasteiger partial charge in [-0.15, -0.1) is 0 Å². The zero-order valence-electron chi connectivity index (χ0n) is 16.3. The SMILES string of the molecule is COc1ccc2oc(C(C)NC(=O)NNC(=O)Cc3ccc(F)cc3)c(C)c2c1. The van der Waals surface area contributed by atoms with Crippen LogP contribution in [-0.4, -0.2) is 19.0 Å². The third-order valence-corrected chi connectivity index (χ3v) is 4.51. The summed E-state index contributed by atoms with van der Waals surface area (Å²) < 4.78 is 24.0. The molecular formula is C21H22FN3O4. The molecule has 152 valence electrons. The highest BCUT2D eigenvalue weighted by atomic mass is 19.1. The minimum absolute atomic E-state index is 0.0145. The number of fused-ring (bicyclic) bond motifs is 1. The number of ether oxygens (including phenoxy) is 1. The second kappa shape index (κ2) is 8.64. The number of carbonyl (C=O) groups is 2. The Kier molecular flexibility index (Phi) is 6.01. The molecule has 0 aliphatic heterocycles. The summed E-state index contributed by atoms with van der Waals surface area (Å²) in [5.74, 6) is 0.530. The van der Waals surface area contributed by atoms with E-state index in [1.54, 1.807) is 20.1 Å². The zero-order chi connectivity index (χ0) is 21.0. The van der Waals surface area contributed by atoms with E-state index in [0.717, 1.165) is 16.7 Å². The van der Waals surface area contributed by atoms with Crippen molar-refractivity contribution >= 4 is 22.9 Å². The minimum Gasteiger partial charge on any atom is -0.497 e. The van der Waals surface area contributed by atoms with E-state index in [9.17, 15) is 14.0 Å². The molecule has 8 heteroatoms. The average Bonchev–Trinajstić information content (AvgIpc) is 3.04. The van der Waals surface area contributed by atoms with Gasteiger partial charge in [0.2, 0.25) is 5.91 Å². The van der Waals surface area contributed by atoms with Crippen molar-refractivity contribution in [2.45, 2.75) is 26.3 Å². The highest BCUT2D eigenvalue weighted by Crippen LogP contribution is 2.31. The molecule has 1 aromatic heterocycles. The quantitative estimate of drug-likeness (QED) is 0.573. The van der Waals surface area contributed by atoms with Crippen molar-refractivity contribution in [2.24, 2.45) is 0 Å². The van der Waals surface area contributed by atoms with Gasteiger partial charge in [0, 0.05) is 10.9 Å². The summed E-state index contributed by atoms with van der Waals surface area (Å²) in [6, 6.07) is 10.0. The van der Waals surface area contributed by atoms with Gasteiger partial charge in [-0.3, -0.25) is 10.2 Å². The summed E-state index contributed by atoms with van der Waals surface area (Å²) in [5, 5.41) is 3.62. The molecule has 3 rings (SSSR count). The number of urea groups is 1. The number of hydrogen-bond donors (Lipinski definition) is 3. The van der Waals surface area contributed by atoms with Crippen LogP contribution in [0.3, 0.4) is 0 Å². The Balaban J connectivity index is 1.56. The summed E-state index contributed by atoms with van der Waals surface area (Å²) in [6.07, 6.45) is 0.0145. The van der Waals surface area contributed by atoms with E-state index in [1.807, 2.05) is 19.1 Å². The third-order valence-electron chi connectivity index (χ3n) is 4.51. The molecule has 0 spiro atoms. The lowest BCUT2D eigenvalue weighted by atomic mass is 10.1. The molecule has 0 aliphatic rings. The second-order valence-electron chi connectivity index (χ2n) is 6.62. The van der Waals surface area contributed by atoms with Crippen LogP contribution in [0.2, 0.25) is 0 Å². The standard InChI is InChI=1S/C21H22FN3O4/c1-12-17-11-16(28-3)8-9-18(17)29-20(12)13(2)23-21(27)25-24-19(26)10-14-4-6-15(22)7-5-14/h4-9,11,13H,10H2,1-3H3,(H,24,26)(H2,23,25,27). The van der Waals surface area contributed by atoms with Gasteiger partial charge in [0.25, 0.3) is 0 Å². The number of furan rings is 1. The van der Waals surface area contributed by atoms with Gasteiger partial charge in [0.05, 0.1) is 19.6 Å². The van der Waals surface area contributed by atoms with Crippen molar-refractivity contribution in [1.82, 2.24) is 16.2 Å². The van der Waals surface area contributed by atoms with Crippen molar-refractivity contribution in [3.8, 4) is 5.75 Å². The number of rotatable bonds is 5. The molecule has 29 heavy (non-hydrogen) atoms. The van der Waals surface area contributed by atoms with Gasteiger partial charge in [-0.2, -0.15) is 0 Å². The number of benzene rings is 2. The van der Waals surface area contributed by atoms with Gasteiger partial charge in [0.15, 0.2) is 0 Å². The van der Waals surface area contributed by atoms with Crippen LogP contribution in [0.25, 0.3) is 11.0 Å². The summed E-state index contributed by atoms with van der Waals surface area (Å²) in [5.41, 5.74) is 6.84. The molecule has 1 unspecified atom stereocenters. The van der Waals surface area contributed by atoms with Gasteiger partial charge in [0.1, 0.15) is 22.9 Å². The van der Waals surface area contributed by atoms with Gasteiger partial charge in [-0.05, 0) is 49.7 Å². The Hall–Kier alpha value is -3.55. The van der Waals surface area contributed by atoms with Gasteiger partial charge in [-0.25, -0.2) is 14.6 Å². The maximum absolute atomic E-state index is 12.9. The number of hydrazine groups is 1. The van der Waals surface area contributed by atoms with E-state index in [2.05, 4.69) is 16.2 Å². The maximum Gasteiger partial charge on any atom is 0.334 e. The Morgan fingerprint density at radius 3 is 2.55 bits per heavy atom. The van der Waals surface area contributed by atoms with Crippen LogP contribution >= 0.6 is 0 Å². The number of hydrogen-bond acceptors (Lipinski definition) is 4. The highest BCUT2D eigenvalue weighted by molar-refractivity contribution is 5.85. The number of methoxy groups -OCH3 is 1. The Labute approximate surface area is 167 Å². The van der Waals surface area contributed by atoms with Gasteiger partial charge < -0.3 is 14.5 Å². The summed E-state index contributed by atoms with van der Waals surface area (Å²) in [4.78, 5) is 24.0. The molecule has 0 aliphatic carbocycles. The molecule has 0 bridgehead atoms. The number of carbonyl (C=O) groups excluding carboxylic acids is 2. The molecule has 0 saturated heterocycles. The molecule has 0 fully saturated rings. The van der Waals surface area contributed by atoms with Crippen LogP contribution in [-0.2, 0) is 11.2 Å². The van der Waals surface area contributed by atoms with Crippen LogP contribution in [0.4, 0.5) is 9.18 Å². The summed E-state index contributed by atoms with van der Waals surface area (Å²) >= 11 is 0. The smallest absolute Gasteiger partial charge is 0.334 e. The lowest BCUT2D eigenvalue weighted by molar-refractivity contribution is -0.121. The van der Waals surface area contributed by atoms with E-state index >= 15 is 0 Å². The van der Waals surface area contributed by atoms with Crippen molar-refractivity contribution < 1.29 is 23.1 Å². The van der Waals surface area contributed by atoms with Gasteiger partial charge in [-0.1, -0.05) is 12.1 Å². The van der Waals surface area contributed by atoms with Crippen molar-refractivity contribution in [2.75, 3.05) is 7.11 Å². The van der Waals surface area contributed by atoms with Crippen LogP contribution in [0.1, 0.15) is 29.9 Å². The van der Waals surface area contributed by atoms with Crippen LogP contribution in [0.5, 0.6) is 5.75 Å². The fourth-order valence-electron chi connectivity index (χ4n) is 3.02. The molecule has 7 nitrogen and oxygen atoms in total. The molecule has 1 atom stereocenters. The molecular weight excluding hydrogens is 377 g/mol. The number of nitrogens with one attached hydrogen (secondary N) is 3. The fraction of sp³-hybridized carbons (Fsp3) is 0.238. The predicted molar refractivity (Wildman–Crippen MR) is 106 cm³/mol. The second-order valence-corrected chi connectivity index (χ2v) is 6.62. The number of halogens is 1. The normalized spacial score (nSPS) is 11.7. The van der Waals surface area contributed by atoms with Gasteiger partial charge >= 0.3 is 6.03 Å². The molecule has 1 heterocycles. The molecule has 3 N–H and O–H groups in total. The number of aryl methyl sites for hydroxylation is 1. The monoisotopic (exact) mass is 399 g/mol. The molecule has 0 saturated carbocycles. The first-order chi connectivity index (χ1) is 13.9. The summed E-state index contributed by atoms with van der Waals surface area (Å²) in [7, 11) is 1.59. The molecule has 3 amide bonds. The lowest BCUT2D eigenvalue weighted by Gasteiger charge is -2.14. The highest BCUT2D eigenvalue weighted by Gasteiger charge is 2.19. The molecule has 0 radical (unpaired) electrons. The van der Waals surface area contributed by atoms with Crippen LogP contribution in [0.15, 0.2) is 46.9 Å². The van der Waals surface area contributed by atoms with E-state index in [-0.39, 0.29) is 12.2 Å². The average molecular weight is 399 g/mol. The minimum atomic E-state index is -0.581. The first kappa shape index (κ1) is 20.2. The van der Waals surface area contributed by atoms with E-state index in [4.69, 9.17) is 9.15 Å². The van der Waals surface area contributed by atoms with E-state index in [1.165, 1.54) is 24.3 Å².